The molecule has 0 saturated heterocycles. The summed E-state index contributed by atoms with van der Waals surface area (Å²) in [6.45, 7) is 0.118. The molecule has 0 amide bonds. The van der Waals surface area contributed by atoms with Crippen LogP contribution in [0.25, 0.3) is 0 Å². The second-order valence-electron chi connectivity index (χ2n) is 2.18. The summed E-state index contributed by atoms with van der Waals surface area (Å²) >= 11 is 6.65. The van der Waals surface area contributed by atoms with Crippen LogP contribution in [0.2, 0.25) is 0 Å². The van der Waals surface area contributed by atoms with Crippen molar-refractivity contribution in [3.63, 3.8) is 0 Å². The Morgan fingerprint density at radius 2 is 1.77 bits per heavy atom. The van der Waals surface area contributed by atoms with Crippen LogP contribution in [-0.4, -0.2) is 12.9 Å². The lowest BCUT2D eigenvalue weighted by molar-refractivity contribution is -0.109. The number of hydrogen-bond acceptors (Lipinski definition) is 2. The van der Waals surface area contributed by atoms with E-state index < -0.39 is 0 Å². The van der Waals surface area contributed by atoms with Crippen molar-refractivity contribution >= 4 is 74.1 Å². The van der Waals surface area contributed by atoms with Crippen molar-refractivity contribution in [3.05, 3.63) is 22.8 Å². The fraction of sp³-hybridized carbons (Fsp3) is 0.125. The normalized spacial score (nSPS) is 9.77. The average Bonchev–Trinajstić information content (AvgIpc) is 2.02. The van der Waals surface area contributed by atoms with Crippen LogP contribution < -0.4 is 4.74 Å². The van der Waals surface area contributed by atoms with E-state index in [9.17, 15) is 4.79 Å². The Balaban J connectivity index is 2.98. The number of carbonyl (C=O) groups excluding carboxylic acids is 1. The van der Waals surface area contributed by atoms with Crippen LogP contribution >= 0.6 is 67.8 Å². The number of carbonyl (C=O) groups is 1. The Labute approximate surface area is 117 Å². The van der Waals surface area contributed by atoms with Gasteiger partial charge in [-0.3, -0.25) is 4.79 Å². The van der Waals surface area contributed by atoms with E-state index in [1.165, 1.54) is 3.57 Å². The van der Waals surface area contributed by atoms with Crippen molar-refractivity contribution in [2.75, 3.05) is 6.61 Å². The van der Waals surface area contributed by atoms with Gasteiger partial charge in [0.1, 0.15) is 12.4 Å². The summed E-state index contributed by atoms with van der Waals surface area (Å²) < 4.78 is 8.53. The first kappa shape index (κ1) is 12.0. The lowest BCUT2D eigenvalue weighted by atomic mass is 10.3. The lowest BCUT2D eigenvalue weighted by Gasteiger charge is -2.07. The molecule has 1 rings (SSSR count). The van der Waals surface area contributed by atoms with Crippen molar-refractivity contribution in [2.45, 2.75) is 0 Å². The zero-order chi connectivity index (χ0) is 9.84. The summed E-state index contributed by atoms with van der Waals surface area (Å²) in [4.78, 5) is 10.1. The van der Waals surface area contributed by atoms with E-state index in [4.69, 9.17) is 4.74 Å². The molecule has 0 unspecified atom stereocenters. The van der Waals surface area contributed by atoms with E-state index in [2.05, 4.69) is 67.8 Å². The van der Waals surface area contributed by atoms with Crippen LogP contribution in [0.3, 0.4) is 0 Å². The highest BCUT2D eigenvalue weighted by molar-refractivity contribution is 14.1. The maximum atomic E-state index is 10.1. The summed E-state index contributed by atoms with van der Waals surface area (Å²) in [6.07, 6.45) is 0.754. The van der Waals surface area contributed by atoms with Gasteiger partial charge in [-0.25, -0.2) is 0 Å². The third-order valence-corrected chi connectivity index (χ3v) is 3.48. The Hall–Kier alpha value is 0.880. The summed E-state index contributed by atoms with van der Waals surface area (Å²) in [5, 5.41) is 0. The Morgan fingerprint density at radius 1 is 1.23 bits per heavy atom. The topological polar surface area (TPSA) is 26.3 Å². The number of hydrogen-bond donors (Lipinski definition) is 0. The zero-order valence-electron chi connectivity index (χ0n) is 6.39. The average molecular weight is 514 g/mol. The maximum Gasteiger partial charge on any atom is 0.157 e. The molecule has 0 heterocycles. The fourth-order valence-corrected chi connectivity index (χ4v) is 4.68. The third-order valence-electron chi connectivity index (χ3n) is 1.26. The first-order chi connectivity index (χ1) is 6.15. The lowest BCUT2D eigenvalue weighted by Crippen LogP contribution is -2.01. The summed E-state index contributed by atoms with van der Waals surface area (Å²) in [5.41, 5.74) is 0. The van der Waals surface area contributed by atoms with Crippen molar-refractivity contribution in [1.29, 1.82) is 0 Å². The van der Waals surface area contributed by atoms with Gasteiger partial charge in [0, 0.05) is 3.57 Å². The molecule has 0 aliphatic rings. The molecule has 0 radical (unpaired) electrons. The monoisotopic (exact) mass is 514 g/mol. The number of aldehydes is 1. The minimum Gasteiger partial charge on any atom is -0.484 e. The van der Waals surface area contributed by atoms with E-state index in [-0.39, 0.29) is 6.61 Å². The van der Waals surface area contributed by atoms with Crippen molar-refractivity contribution < 1.29 is 9.53 Å². The second kappa shape index (κ2) is 5.69. The van der Waals surface area contributed by atoms with Crippen molar-refractivity contribution in [1.82, 2.24) is 0 Å². The Kier molecular flexibility index (Phi) is 5.23. The predicted molar refractivity (Wildman–Crippen MR) is 76.2 cm³/mol. The zero-order valence-corrected chi connectivity index (χ0v) is 12.9. The van der Waals surface area contributed by atoms with Crippen LogP contribution in [0, 0.1) is 10.7 Å². The molecule has 0 aliphatic heterocycles. The van der Waals surface area contributed by atoms with E-state index in [1.807, 2.05) is 12.1 Å². The van der Waals surface area contributed by atoms with Crippen LogP contribution in [0.4, 0.5) is 0 Å². The molecule has 0 spiro atoms. The standard InChI is InChI=1S/C8H5I3O2/c9-5-3-6(10)8(7(11)4-5)13-2-1-12/h1,3-4H,2H2. The molecule has 2 nitrogen and oxygen atoms in total. The van der Waals surface area contributed by atoms with E-state index in [1.54, 1.807) is 0 Å². The van der Waals surface area contributed by atoms with Gasteiger partial charge in [0.25, 0.3) is 0 Å². The van der Waals surface area contributed by atoms with Crippen LogP contribution in [-0.2, 0) is 4.79 Å². The summed E-state index contributed by atoms with van der Waals surface area (Å²) in [6, 6.07) is 4.03. The molecule has 1 aromatic rings. The van der Waals surface area contributed by atoms with E-state index >= 15 is 0 Å². The van der Waals surface area contributed by atoms with Gasteiger partial charge in [0.05, 0.1) is 7.14 Å². The van der Waals surface area contributed by atoms with Gasteiger partial charge >= 0.3 is 0 Å². The van der Waals surface area contributed by atoms with E-state index in [0.29, 0.717) is 0 Å². The molecular weight excluding hydrogens is 509 g/mol. The number of rotatable bonds is 3. The SMILES string of the molecule is O=CCOc1c(I)cc(I)cc1I. The highest BCUT2D eigenvalue weighted by atomic mass is 127. The van der Waals surface area contributed by atoms with Gasteiger partial charge in [-0.1, -0.05) is 0 Å². The van der Waals surface area contributed by atoms with Crippen LogP contribution in [0.5, 0.6) is 5.75 Å². The molecule has 0 aliphatic carbocycles. The second-order valence-corrected chi connectivity index (χ2v) is 5.75. The predicted octanol–water partition coefficient (Wildman–Crippen LogP) is 3.08. The Morgan fingerprint density at radius 3 is 2.23 bits per heavy atom. The van der Waals surface area contributed by atoms with Gasteiger partial charge < -0.3 is 4.74 Å². The summed E-state index contributed by atoms with van der Waals surface area (Å²) in [5.74, 6) is 0.800. The van der Waals surface area contributed by atoms with Gasteiger partial charge in [0.2, 0.25) is 0 Å². The fourth-order valence-electron chi connectivity index (χ4n) is 0.784. The number of halogens is 3. The van der Waals surface area contributed by atoms with Gasteiger partial charge in [-0.05, 0) is 79.9 Å². The molecule has 13 heavy (non-hydrogen) atoms. The molecule has 1 aromatic carbocycles. The molecule has 5 heteroatoms. The molecular formula is C8H5I3O2. The van der Waals surface area contributed by atoms with Gasteiger partial charge in [0.15, 0.2) is 6.29 Å². The molecule has 0 atom stereocenters. The van der Waals surface area contributed by atoms with Crippen molar-refractivity contribution in [3.8, 4) is 5.75 Å². The molecule has 70 valence electrons. The third kappa shape index (κ3) is 3.50. The molecule has 0 bridgehead atoms. The highest BCUT2D eigenvalue weighted by Gasteiger charge is 2.07. The Bertz CT molecular complexity index is 302. The van der Waals surface area contributed by atoms with Crippen molar-refractivity contribution in [2.24, 2.45) is 0 Å². The van der Waals surface area contributed by atoms with Crippen LogP contribution in [0.1, 0.15) is 0 Å². The molecule has 0 fully saturated rings. The molecule has 0 saturated carbocycles. The van der Waals surface area contributed by atoms with Gasteiger partial charge in [-0.2, -0.15) is 0 Å². The largest absolute Gasteiger partial charge is 0.484 e. The van der Waals surface area contributed by atoms with Gasteiger partial charge in [-0.15, -0.1) is 0 Å². The summed E-state index contributed by atoms with van der Waals surface area (Å²) in [7, 11) is 0. The number of benzene rings is 1. The highest BCUT2D eigenvalue weighted by Crippen LogP contribution is 2.29. The molecule has 0 N–H and O–H groups in total. The number of ether oxygens (including phenoxy) is 1. The quantitative estimate of drug-likeness (QED) is 0.459. The first-order valence-electron chi connectivity index (χ1n) is 3.36. The minimum absolute atomic E-state index is 0.118. The minimum atomic E-state index is 0.118. The first-order valence-corrected chi connectivity index (χ1v) is 6.59. The molecule has 0 aromatic heterocycles. The maximum absolute atomic E-state index is 10.1. The smallest absolute Gasteiger partial charge is 0.157 e. The van der Waals surface area contributed by atoms with Crippen LogP contribution in [0.15, 0.2) is 12.1 Å². The van der Waals surface area contributed by atoms with E-state index in [0.717, 1.165) is 19.2 Å².